The first kappa shape index (κ1) is 72.0. The molecule has 0 aromatic carbocycles. The van der Waals surface area contributed by atoms with Gasteiger partial charge in [0.2, 0.25) is 0 Å². The molecule has 436 valence electrons. The first-order valence-corrected chi connectivity index (χ1v) is 31.5. The van der Waals surface area contributed by atoms with Crippen molar-refractivity contribution < 1.29 is 42.9 Å². The molecule has 0 spiro atoms. The molecule has 0 amide bonds. The molecule has 0 fully saturated rings. The van der Waals surface area contributed by atoms with Gasteiger partial charge >= 0.3 is 17.9 Å². The largest absolute Gasteiger partial charge is 0.477 e. The molecule has 0 aliphatic carbocycles. The summed E-state index contributed by atoms with van der Waals surface area (Å²) in [5.74, 6) is -2.00. The molecule has 2 unspecified atom stereocenters. The number of carbonyl (C=O) groups excluding carboxylic acids is 2. The number of carbonyl (C=O) groups is 3. The number of rotatable bonds is 58. The van der Waals surface area contributed by atoms with Gasteiger partial charge in [0.15, 0.2) is 6.10 Å². The third-order valence-electron chi connectivity index (χ3n) is 13.7. The molecule has 2 atom stereocenters. The highest BCUT2D eigenvalue weighted by atomic mass is 16.7. The summed E-state index contributed by atoms with van der Waals surface area (Å²) in [5, 5.41) is 9.72. The number of likely N-dealkylation sites (N-methyl/N-ethyl adjacent to an activating group) is 1. The number of carboxylic acid groups (broad SMARTS) is 1. The zero-order valence-corrected chi connectivity index (χ0v) is 49.7. The molecule has 0 saturated carbocycles. The Bertz CT molecular complexity index is 1410. The van der Waals surface area contributed by atoms with Crippen LogP contribution in [0.15, 0.2) is 60.8 Å². The highest BCUT2D eigenvalue weighted by molar-refractivity contribution is 5.71. The van der Waals surface area contributed by atoms with Crippen LogP contribution in [0.5, 0.6) is 0 Å². The zero-order valence-electron chi connectivity index (χ0n) is 49.7. The van der Waals surface area contributed by atoms with Crippen molar-refractivity contribution in [2.45, 2.75) is 296 Å². The van der Waals surface area contributed by atoms with E-state index in [1.165, 1.54) is 193 Å². The molecular formula is C66H120NO8+. The van der Waals surface area contributed by atoms with E-state index in [1.54, 1.807) is 0 Å². The minimum atomic E-state index is -1.51. The summed E-state index contributed by atoms with van der Waals surface area (Å²) >= 11 is 0. The number of hydrogen-bond donors (Lipinski definition) is 1. The molecule has 0 radical (unpaired) electrons. The first-order valence-electron chi connectivity index (χ1n) is 31.5. The number of carboxylic acids is 1. The monoisotopic (exact) mass is 1050 g/mol. The second-order valence-electron chi connectivity index (χ2n) is 22.4. The Morgan fingerprint density at radius 2 is 0.720 bits per heavy atom. The quantitative estimate of drug-likeness (QED) is 0.0211. The lowest BCUT2D eigenvalue weighted by atomic mass is 10.0. The fourth-order valence-corrected chi connectivity index (χ4v) is 8.88. The average molecular weight is 1060 g/mol. The lowest BCUT2D eigenvalue weighted by molar-refractivity contribution is -0.870. The lowest BCUT2D eigenvalue weighted by Gasteiger charge is -2.25. The van der Waals surface area contributed by atoms with E-state index in [0.29, 0.717) is 23.9 Å². The van der Waals surface area contributed by atoms with Crippen LogP contribution in [0.25, 0.3) is 0 Å². The summed E-state index contributed by atoms with van der Waals surface area (Å²) in [6.45, 7) is 4.88. The fourth-order valence-electron chi connectivity index (χ4n) is 8.88. The van der Waals surface area contributed by atoms with Gasteiger partial charge in [0.25, 0.3) is 6.29 Å². The summed E-state index contributed by atoms with van der Waals surface area (Å²) in [5.41, 5.74) is 0. The van der Waals surface area contributed by atoms with Crippen LogP contribution in [-0.2, 0) is 33.3 Å². The van der Waals surface area contributed by atoms with E-state index in [2.05, 4.69) is 74.6 Å². The van der Waals surface area contributed by atoms with Gasteiger partial charge in [0.1, 0.15) is 13.2 Å². The minimum absolute atomic E-state index is 0.184. The van der Waals surface area contributed by atoms with Crippen LogP contribution >= 0.6 is 0 Å². The Hall–Kier alpha value is -3.01. The molecule has 0 aliphatic rings. The van der Waals surface area contributed by atoms with Crippen molar-refractivity contribution in [3.63, 3.8) is 0 Å². The summed E-state index contributed by atoms with van der Waals surface area (Å²) in [6.07, 6.45) is 70.1. The van der Waals surface area contributed by atoms with E-state index in [4.69, 9.17) is 18.9 Å². The summed E-state index contributed by atoms with van der Waals surface area (Å²) in [4.78, 5) is 37.5. The van der Waals surface area contributed by atoms with Gasteiger partial charge in [-0.3, -0.25) is 9.59 Å². The summed E-state index contributed by atoms with van der Waals surface area (Å²) in [6, 6.07) is 0. The number of esters is 2. The van der Waals surface area contributed by atoms with Gasteiger partial charge in [-0.2, -0.15) is 0 Å². The van der Waals surface area contributed by atoms with Crippen molar-refractivity contribution in [3.05, 3.63) is 60.8 Å². The van der Waals surface area contributed by atoms with Crippen molar-refractivity contribution >= 4 is 17.9 Å². The van der Waals surface area contributed by atoms with Gasteiger partial charge in [-0.25, -0.2) is 4.79 Å². The Labute approximate surface area is 463 Å². The van der Waals surface area contributed by atoms with E-state index in [1.807, 2.05) is 21.1 Å². The molecule has 0 aromatic heterocycles. The maximum atomic E-state index is 12.9. The van der Waals surface area contributed by atoms with Crippen LogP contribution in [-0.4, -0.2) is 87.4 Å². The van der Waals surface area contributed by atoms with Crippen molar-refractivity contribution in [2.24, 2.45) is 0 Å². The number of nitrogens with zero attached hydrogens (tertiary/aromatic N) is 1. The molecular weight excluding hydrogens is 935 g/mol. The van der Waals surface area contributed by atoms with Crippen LogP contribution in [0, 0.1) is 0 Å². The standard InChI is InChI=1S/C66H119NO8/c1-6-8-10-12-14-16-18-20-22-24-26-28-30-32-34-36-38-40-42-44-46-48-50-52-54-56-63(68)73-60-62(61-74-66(65(70)71)72-59-58-67(3,4)5)75-64(69)57-55-53-51-49-47-45-43-41-39-37-35-33-31-29-27-25-23-21-19-17-15-13-11-9-7-2/h18-21,24-27,31,33,62,66H,6-17,22-23,28-30,32,34-61H2,1-5H3/p+1/b20-18-,21-19-,26-24-,27-25-,33-31-. The Kier molecular flexibility index (Phi) is 54.9. The molecule has 9 nitrogen and oxygen atoms in total. The van der Waals surface area contributed by atoms with Gasteiger partial charge in [-0.05, 0) is 83.5 Å². The highest BCUT2D eigenvalue weighted by Gasteiger charge is 2.25. The van der Waals surface area contributed by atoms with E-state index in [0.717, 1.165) is 57.8 Å². The maximum Gasteiger partial charge on any atom is 0.361 e. The number of allylic oxidation sites excluding steroid dienone is 10. The third kappa shape index (κ3) is 58.5. The predicted molar refractivity (Wildman–Crippen MR) is 318 cm³/mol. The first-order chi connectivity index (χ1) is 36.6. The summed E-state index contributed by atoms with van der Waals surface area (Å²) < 4.78 is 22.9. The Morgan fingerprint density at radius 1 is 0.400 bits per heavy atom. The topological polar surface area (TPSA) is 108 Å². The molecule has 1 N–H and O–H groups in total. The molecule has 0 rings (SSSR count). The smallest absolute Gasteiger partial charge is 0.361 e. The molecule has 75 heavy (non-hydrogen) atoms. The molecule has 0 saturated heterocycles. The van der Waals surface area contributed by atoms with Crippen LogP contribution < -0.4 is 0 Å². The van der Waals surface area contributed by atoms with Crippen molar-refractivity contribution in [1.29, 1.82) is 0 Å². The van der Waals surface area contributed by atoms with Crippen molar-refractivity contribution in [3.8, 4) is 0 Å². The maximum absolute atomic E-state index is 12.9. The Balaban J connectivity index is 4.20. The third-order valence-corrected chi connectivity index (χ3v) is 13.7. The Morgan fingerprint density at radius 3 is 1.07 bits per heavy atom. The molecule has 0 heterocycles. The van der Waals surface area contributed by atoms with Crippen LogP contribution in [0.4, 0.5) is 0 Å². The molecule has 9 heteroatoms. The number of hydrogen-bond acceptors (Lipinski definition) is 7. The highest BCUT2D eigenvalue weighted by Crippen LogP contribution is 2.16. The second kappa shape index (κ2) is 57.2. The minimum Gasteiger partial charge on any atom is -0.477 e. The zero-order chi connectivity index (χ0) is 54.8. The van der Waals surface area contributed by atoms with Gasteiger partial charge in [0, 0.05) is 12.8 Å². The second-order valence-corrected chi connectivity index (χ2v) is 22.4. The molecule has 0 aromatic rings. The van der Waals surface area contributed by atoms with Gasteiger partial charge in [0.05, 0.1) is 34.4 Å². The van der Waals surface area contributed by atoms with E-state index in [-0.39, 0.29) is 32.2 Å². The van der Waals surface area contributed by atoms with Gasteiger partial charge < -0.3 is 28.5 Å². The van der Waals surface area contributed by atoms with Crippen LogP contribution in [0.2, 0.25) is 0 Å². The van der Waals surface area contributed by atoms with Gasteiger partial charge in [-0.15, -0.1) is 0 Å². The normalized spacial score (nSPS) is 13.1. The summed E-state index contributed by atoms with van der Waals surface area (Å²) in [7, 11) is 5.97. The molecule has 0 bridgehead atoms. The number of unbranched alkanes of at least 4 members (excludes halogenated alkanes) is 33. The molecule has 0 aliphatic heterocycles. The van der Waals surface area contributed by atoms with E-state index >= 15 is 0 Å². The van der Waals surface area contributed by atoms with E-state index < -0.39 is 24.3 Å². The van der Waals surface area contributed by atoms with E-state index in [9.17, 15) is 19.5 Å². The predicted octanol–water partition coefficient (Wildman–Crippen LogP) is 18.8. The lowest BCUT2D eigenvalue weighted by Crippen LogP contribution is -2.40. The number of quaternary nitrogens is 1. The number of aliphatic carboxylic acids is 1. The van der Waals surface area contributed by atoms with Crippen molar-refractivity contribution in [1.82, 2.24) is 0 Å². The SMILES string of the molecule is CCCCCCC/C=C\C/C=C\C/C=C\CCCCCCCCCCCCC(=O)OC(COC(=O)CCCCCCCCCCCCCCC/C=C\C/C=C\CCCCCCC)COC(OCC[N+](C)(C)C)C(=O)O. The average Bonchev–Trinajstić information content (AvgIpc) is 3.38. The fraction of sp³-hybridized carbons (Fsp3) is 0.803. The van der Waals surface area contributed by atoms with Crippen LogP contribution in [0.3, 0.4) is 0 Å². The number of ether oxygens (including phenoxy) is 4. The van der Waals surface area contributed by atoms with Crippen LogP contribution in [0.1, 0.15) is 284 Å². The van der Waals surface area contributed by atoms with Gasteiger partial charge in [-0.1, -0.05) is 248 Å². The van der Waals surface area contributed by atoms with Crippen molar-refractivity contribution in [2.75, 3.05) is 47.5 Å².